The Hall–Kier alpha value is -1.33. The Bertz CT molecular complexity index is 372. The molecule has 0 aliphatic heterocycles. The SMILES string of the molecule is Cc1cc(C(=O)NCCNCC(C)O)c(C)o1. The molecule has 0 saturated carbocycles. The van der Waals surface area contributed by atoms with Gasteiger partial charge in [-0.1, -0.05) is 0 Å². The van der Waals surface area contributed by atoms with Crippen LogP contribution >= 0.6 is 0 Å². The maximum absolute atomic E-state index is 11.7. The topological polar surface area (TPSA) is 74.5 Å². The second-order valence-electron chi connectivity index (χ2n) is 4.14. The number of rotatable bonds is 6. The highest BCUT2D eigenvalue weighted by atomic mass is 16.3. The molecule has 0 fully saturated rings. The van der Waals surface area contributed by atoms with Crippen LogP contribution in [0.1, 0.15) is 28.8 Å². The molecule has 5 heteroatoms. The first-order valence-electron chi connectivity index (χ1n) is 5.74. The van der Waals surface area contributed by atoms with Gasteiger partial charge in [0.05, 0.1) is 11.7 Å². The summed E-state index contributed by atoms with van der Waals surface area (Å²) in [5.41, 5.74) is 0.582. The summed E-state index contributed by atoms with van der Waals surface area (Å²) in [6.07, 6.45) is -0.371. The molecular formula is C12H20N2O3. The average molecular weight is 240 g/mol. The van der Waals surface area contributed by atoms with Gasteiger partial charge in [-0.25, -0.2) is 0 Å². The zero-order chi connectivity index (χ0) is 12.8. The summed E-state index contributed by atoms with van der Waals surface area (Å²) >= 11 is 0. The van der Waals surface area contributed by atoms with Gasteiger partial charge in [-0.05, 0) is 26.8 Å². The van der Waals surface area contributed by atoms with Gasteiger partial charge in [0, 0.05) is 19.6 Å². The molecule has 0 spiro atoms. The van der Waals surface area contributed by atoms with Crippen molar-refractivity contribution < 1.29 is 14.3 Å². The van der Waals surface area contributed by atoms with E-state index in [4.69, 9.17) is 9.52 Å². The van der Waals surface area contributed by atoms with E-state index >= 15 is 0 Å². The lowest BCUT2D eigenvalue weighted by Crippen LogP contribution is -2.34. The summed E-state index contributed by atoms with van der Waals surface area (Å²) in [7, 11) is 0. The lowest BCUT2D eigenvalue weighted by molar-refractivity contribution is 0.0952. The highest BCUT2D eigenvalue weighted by molar-refractivity contribution is 5.95. The normalized spacial score (nSPS) is 12.5. The number of nitrogens with one attached hydrogen (secondary N) is 2. The molecule has 96 valence electrons. The summed E-state index contributed by atoms with van der Waals surface area (Å²) in [5.74, 6) is 1.25. The number of aliphatic hydroxyl groups is 1. The smallest absolute Gasteiger partial charge is 0.254 e. The highest BCUT2D eigenvalue weighted by Gasteiger charge is 2.12. The molecule has 17 heavy (non-hydrogen) atoms. The molecule has 1 aromatic heterocycles. The molecule has 1 amide bonds. The van der Waals surface area contributed by atoms with Crippen molar-refractivity contribution in [2.45, 2.75) is 26.9 Å². The Balaban J connectivity index is 2.28. The number of carbonyl (C=O) groups excluding carboxylic acids is 1. The van der Waals surface area contributed by atoms with E-state index in [0.717, 1.165) is 5.76 Å². The predicted octanol–water partition coefficient (Wildman–Crippen LogP) is 0.597. The fraction of sp³-hybridized carbons (Fsp3) is 0.583. The third-order valence-corrected chi connectivity index (χ3v) is 2.31. The van der Waals surface area contributed by atoms with Gasteiger partial charge in [0.1, 0.15) is 11.5 Å². The van der Waals surface area contributed by atoms with E-state index in [1.54, 1.807) is 19.9 Å². The minimum Gasteiger partial charge on any atom is -0.466 e. The molecule has 1 unspecified atom stereocenters. The molecule has 1 heterocycles. The summed E-state index contributed by atoms with van der Waals surface area (Å²) in [6.45, 7) is 6.98. The number of carbonyl (C=O) groups is 1. The van der Waals surface area contributed by atoms with Crippen molar-refractivity contribution in [3.05, 3.63) is 23.2 Å². The van der Waals surface area contributed by atoms with Crippen molar-refractivity contribution in [2.75, 3.05) is 19.6 Å². The molecule has 1 atom stereocenters. The van der Waals surface area contributed by atoms with E-state index in [0.29, 0.717) is 31.0 Å². The molecule has 0 saturated heterocycles. The number of hydrogen-bond donors (Lipinski definition) is 3. The predicted molar refractivity (Wildman–Crippen MR) is 65.1 cm³/mol. The van der Waals surface area contributed by atoms with Gasteiger partial charge in [-0.15, -0.1) is 0 Å². The van der Waals surface area contributed by atoms with Crippen LogP contribution in [-0.4, -0.2) is 36.8 Å². The van der Waals surface area contributed by atoms with Crippen molar-refractivity contribution in [3.8, 4) is 0 Å². The highest BCUT2D eigenvalue weighted by Crippen LogP contribution is 2.12. The molecule has 1 aromatic rings. The molecule has 0 aromatic carbocycles. The molecular weight excluding hydrogens is 220 g/mol. The monoisotopic (exact) mass is 240 g/mol. The quantitative estimate of drug-likeness (QED) is 0.636. The van der Waals surface area contributed by atoms with E-state index in [1.807, 2.05) is 6.92 Å². The number of aryl methyl sites for hydroxylation is 2. The van der Waals surface area contributed by atoms with Crippen LogP contribution < -0.4 is 10.6 Å². The summed E-state index contributed by atoms with van der Waals surface area (Å²) in [6, 6.07) is 1.73. The Morgan fingerprint density at radius 3 is 2.71 bits per heavy atom. The second-order valence-corrected chi connectivity index (χ2v) is 4.14. The van der Waals surface area contributed by atoms with Crippen molar-refractivity contribution >= 4 is 5.91 Å². The zero-order valence-corrected chi connectivity index (χ0v) is 10.5. The van der Waals surface area contributed by atoms with Crippen LogP contribution in [0.15, 0.2) is 10.5 Å². The number of furan rings is 1. The van der Waals surface area contributed by atoms with Gasteiger partial charge in [0.25, 0.3) is 5.91 Å². The standard InChI is InChI=1S/C12H20N2O3/c1-8(15)7-13-4-5-14-12(16)11-6-9(2)17-10(11)3/h6,8,13,15H,4-5,7H2,1-3H3,(H,14,16). The second kappa shape index (κ2) is 6.42. The molecule has 0 bridgehead atoms. The lowest BCUT2D eigenvalue weighted by atomic mass is 10.2. The van der Waals surface area contributed by atoms with Gasteiger partial charge >= 0.3 is 0 Å². The first-order chi connectivity index (χ1) is 8.00. The van der Waals surface area contributed by atoms with Crippen LogP contribution in [-0.2, 0) is 0 Å². The fourth-order valence-corrected chi connectivity index (χ4v) is 1.53. The first kappa shape index (κ1) is 13.7. The van der Waals surface area contributed by atoms with Crippen LogP contribution in [0.25, 0.3) is 0 Å². The van der Waals surface area contributed by atoms with Crippen molar-refractivity contribution in [1.29, 1.82) is 0 Å². The third-order valence-electron chi connectivity index (χ3n) is 2.31. The van der Waals surface area contributed by atoms with Gasteiger partial charge in [0.15, 0.2) is 0 Å². The van der Waals surface area contributed by atoms with E-state index in [9.17, 15) is 4.79 Å². The van der Waals surface area contributed by atoms with Gasteiger partial charge in [0.2, 0.25) is 0 Å². The Morgan fingerprint density at radius 2 is 2.18 bits per heavy atom. The van der Waals surface area contributed by atoms with Crippen LogP contribution in [0.3, 0.4) is 0 Å². The van der Waals surface area contributed by atoms with E-state index in [1.165, 1.54) is 0 Å². The number of aliphatic hydroxyl groups excluding tert-OH is 1. The van der Waals surface area contributed by atoms with Crippen LogP contribution in [0.4, 0.5) is 0 Å². The molecule has 0 radical (unpaired) electrons. The Labute approximate surface area is 101 Å². The van der Waals surface area contributed by atoms with E-state index in [2.05, 4.69) is 10.6 Å². The minimum absolute atomic E-state index is 0.127. The summed E-state index contributed by atoms with van der Waals surface area (Å²) in [4.78, 5) is 11.7. The van der Waals surface area contributed by atoms with E-state index < -0.39 is 0 Å². The molecule has 1 rings (SSSR count). The Morgan fingerprint density at radius 1 is 1.47 bits per heavy atom. The van der Waals surface area contributed by atoms with Crippen molar-refractivity contribution in [1.82, 2.24) is 10.6 Å². The van der Waals surface area contributed by atoms with Gasteiger partial charge in [-0.3, -0.25) is 4.79 Å². The molecule has 3 N–H and O–H groups in total. The molecule has 0 aliphatic carbocycles. The lowest BCUT2D eigenvalue weighted by Gasteiger charge is -2.07. The average Bonchev–Trinajstić information content (AvgIpc) is 2.56. The minimum atomic E-state index is -0.371. The van der Waals surface area contributed by atoms with Gasteiger partial charge < -0.3 is 20.2 Å². The van der Waals surface area contributed by atoms with Crippen LogP contribution in [0, 0.1) is 13.8 Å². The fourth-order valence-electron chi connectivity index (χ4n) is 1.53. The summed E-state index contributed by atoms with van der Waals surface area (Å²) in [5, 5.41) is 14.8. The first-order valence-corrected chi connectivity index (χ1v) is 5.74. The molecule has 5 nitrogen and oxygen atoms in total. The van der Waals surface area contributed by atoms with Crippen molar-refractivity contribution in [2.24, 2.45) is 0 Å². The Kier molecular flexibility index (Phi) is 5.18. The number of hydrogen-bond acceptors (Lipinski definition) is 4. The maximum atomic E-state index is 11.7. The molecule has 0 aliphatic rings. The largest absolute Gasteiger partial charge is 0.466 e. The number of amides is 1. The third kappa shape index (κ3) is 4.58. The van der Waals surface area contributed by atoms with Crippen LogP contribution in [0.2, 0.25) is 0 Å². The van der Waals surface area contributed by atoms with Crippen LogP contribution in [0.5, 0.6) is 0 Å². The van der Waals surface area contributed by atoms with E-state index in [-0.39, 0.29) is 12.0 Å². The zero-order valence-electron chi connectivity index (χ0n) is 10.5. The van der Waals surface area contributed by atoms with Crippen molar-refractivity contribution in [3.63, 3.8) is 0 Å². The van der Waals surface area contributed by atoms with Gasteiger partial charge in [-0.2, -0.15) is 0 Å². The maximum Gasteiger partial charge on any atom is 0.254 e. The summed E-state index contributed by atoms with van der Waals surface area (Å²) < 4.78 is 5.29.